The van der Waals surface area contributed by atoms with Gasteiger partial charge in [0.25, 0.3) is 8.32 Å². The predicted molar refractivity (Wildman–Crippen MR) is 188 cm³/mol. The topological polar surface area (TPSA) is 55.8 Å². The molecule has 0 fully saturated rings. The van der Waals surface area contributed by atoms with Crippen LogP contribution in [0.4, 0.5) is 0 Å². The zero-order valence-electron chi connectivity index (χ0n) is 25.8. The summed E-state index contributed by atoms with van der Waals surface area (Å²) in [6, 6.07) is 21.4. The van der Waals surface area contributed by atoms with Crippen molar-refractivity contribution in [1.29, 1.82) is 0 Å². The van der Waals surface area contributed by atoms with E-state index in [0.717, 1.165) is 25.7 Å². The number of unbranched alkanes of at least 4 members (excludes halogenated alkanes) is 1. The molecule has 2 aromatic rings. The minimum absolute atomic E-state index is 0.0785. The molecule has 2 rings (SSSR count). The van der Waals surface area contributed by atoms with Gasteiger partial charge in [-0.25, -0.2) is 0 Å². The van der Waals surface area contributed by atoms with Crippen LogP contribution in [0.2, 0.25) is 5.04 Å². The molecule has 0 saturated carbocycles. The number of benzene rings is 2. The molecule has 0 aromatic heterocycles. The van der Waals surface area contributed by atoms with Crippen molar-refractivity contribution in [2.75, 3.05) is 6.61 Å². The van der Waals surface area contributed by atoms with E-state index < -0.39 is 14.4 Å². The van der Waals surface area contributed by atoms with E-state index in [1.54, 1.807) is 0 Å². The third-order valence-corrected chi connectivity index (χ3v) is 12.5. The van der Waals surface area contributed by atoms with Crippen LogP contribution in [0.3, 0.4) is 0 Å². The Morgan fingerprint density at radius 3 is 2.05 bits per heavy atom. The highest BCUT2D eigenvalue weighted by molar-refractivity contribution is 14.1. The van der Waals surface area contributed by atoms with Gasteiger partial charge in [-0.15, -0.1) is 0 Å². The molecule has 2 atom stereocenters. The van der Waals surface area contributed by atoms with Gasteiger partial charge in [0.2, 0.25) is 0 Å². The van der Waals surface area contributed by atoms with Crippen molar-refractivity contribution < 1.29 is 19.1 Å². The lowest BCUT2D eigenvalue weighted by Gasteiger charge is -2.44. The number of hydrogen-bond donors (Lipinski definition) is 1. The van der Waals surface area contributed by atoms with Gasteiger partial charge in [0, 0.05) is 12.8 Å². The summed E-state index contributed by atoms with van der Waals surface area (Å²) < 4.78 is 14.8. The zero-order chi connectivity index (χ0) is 30.7. The van der Waals surface area contributed by atoms with E-state index in [1.807, 2.05) is 16.2 Å². The van der Waals surface area contributed by atoms with Gasteiger partial charge in [-0.2, -0.15) is 0 Å². The first kappa shape index (κ1) is 35.9. The maximum absolute atomic E-state index is 12.3. The average molecular weight is 701 g/mol. The monoisotopic (exact) mass is 700 g/mol. The van der Waals surface area contributed by atoms with Gasteiger partial charge in [0.15, 0.2) is 0 Å². The molecule has 4 nitrogen and oxygen atoms in total. The Hall–Kier alpha value is -2.26. The minimum atomic E-state index is -2.66. The van der Waals surface area contributed by atoms with Gasteiger partial charge in [-0.05, 0) is 51.6 Å². The lowest BCUT2D eigenvalue weighted by molar-refractivity contribution is -0.150. The lowest BCUT2D eigenvalue weighted by atomic mass is 10.2. The van der Waals surface area contributed by atoms with Crippen molar-refractivity contribution in [3.63, 3.8) is 0 Å². The number of esters is 1. The van der Waals surface area contributed by atoms with Gasteiger partial charge >= 0.3 is 5.97 Å². The largest absolute Gasteiger partial charge is 0.460 e. The molecule has 0 amide bonds. The second-order valence-electron chi connectivity index (χ2n) is 11.4. The quantitative estimate of drug-likeness (QED) is 0.0561. The summed E-state index contributed by atoms with van der Waals surface area (Å²) >= 11 is 2.27. The minimum Gasteiger partial charge on any atom is -0.460 e. The first-order chi connectivity index (χ1) is 20.3. The van der Waals surface area contributed by atoms with E-state index in [-0.39, 0.29) is 23.7 Å². The fraction of sp³-hybridized carbons (Fsp3) is 0.417. The van der Waals surface area contributed by atoms with Crippen molar-refractivity contribution in [2.24, 2.45) is 0 Å². The summed E-state index contributed by atoms with van der Waals surface area (Å²) in [5.74, 6) is -0.262. The van der Waals surface area contributed by atoms with Crippen molar-refractivity contribution in [3.05, 3.63) is 107 Å². The van der Waals surface area contributed by atoms with Crippen LogP contribution in [-0.2, 0) is 14.0 Å². The van der Waals surface area contributed by atoms with E-state index in [1.165, 1.54) is 10.4 Å². The van der Waals surface area contributed by atoms with Crippen molar-refractivity contribution in [1.82, 2.24) is 0 Å². The molecule has 2 aromatic carbocycles. The molecule has 0 heterocycles. The summed E-state index contributed by atoms with van der Waals surface area (Å²) in [6.45, 7) is 8.81. The van der Waals surface area contributed by atoms with Gasteiger partial charge in [-0.1, -0.05) is 153 Å². The molecule has 0 radical (unpaired) electrons. The number of halogens is 1. The standard InChI is InChI=1S/C36H49IO4Si/c1-5-6-7-8-9-15-22-32(30-38)40-35(39)27-20-11-10-14-21-31(28-29-37)41-42(36(2,3)4,33-23-16-12-17-24-33)34-25-18-13-19-26-34/h6-7,9-10,12-19,23-26,28-29,31-32,38H,5,8,11,20-22,27,30H2,1-4H3/b7-6-,14-10-,15-9-,29-28+/t31-,32-/m1/s1. The van der Waals surface area contributed by atoms with Gasteiger partial charge in [0.1, 0.15) is 6.10 Å². The van der Waals surface area contributed by atoms with Crippen molar-refractivity contribution in [3.8, 4) is 0 Å². The number of aliphatic hydroxyl groups excluding tert-OH is 1. The summed E-state index contributed by atoms with van der Waals surface area (Å²) in [5, 5.41) is 12.0. The van der Waals surface area contributed by atoms with E-state index in [4.69, 9.17) is 9.16 Å². The van der Waals surface area contributed by atoms with Gasteiger partial charge in [-0.3, -0.25) is 4.79 Å². The van der Waals surface area contributed by atoms with Crippen LogP contribution in [0, 0.1) is 0 Å². The molecule has 0 unspecified atom stereocenters. The lowest BCUT2D eigenvalue weighted by Crippen LogP contribution is -2.67. The molecular weight excluding hydrogens is 651 g/mol. The van der Waals surface area contributed by atoms with Gasteiger partial charge in [0.05, 0.1) is 12.7 Å². The fourth-order valence-corrected chi connectivity index (χ4v) is 10.1. The Kier molecular flexibility index (Phi) is 17.0. The second kappa shape index (κ2) is 19.8. The smallest absolute Gasteiger partial charge is 0.306 e. The molecule has 0 spiro atoms. The highest BCUT2D eigenvalue weighted by atomic mass is 127. The third-order valence-electron chi connectivity index (χ3n) is 7.06. The maximum atomic E-state index is 12.3. The van der Waals surface area contributed by atoms with Crippen LogP contribution in [0.15, 0.2) is 107 Å². The number of carbonyl (C=O) groups excluding carboxylic acids is 1. The zero-order valence-corrected chi connectivity index (χ0v) is 28.9. The average Bonchev–Trinajstić information content (AvgIpc) is 2.98. The molecule has 0 aliphatic rings. The first-order valence-corrected chi connectivity index (χ1v) is 18.2. The molecule has 1 N–H and O–H groups in total. The Labute approximate surface area is 268 Å². The van der Waals surface area contributed by atoms with Crippen molar-refractivity contribution in [2.45, 2.75) is 89.9 Å². The van der Waals surface area contributed by atoms with E-state index in [9.17, 15) is 9.90 Å². The highest BCUT2D eigenvalue weighted by Crippen LogP contribution is 2.38. The number of allylic oxidation sites excluding steroid dienone is 4. The third kappa shape index (κ3) is 11.8. The number of ether oxygens (including phenoxy) is 1. The van der Waals surface area contributed by atoms with Crippen LogP contribution in [0.5, 0.6) is 0 Å². The van der Waals surface area contributed by atoms with Crippen LogP contribution in [0.25, 0.3) is 0 Å². The van der Waals surface area contributed by atoms with E-state index in [0.29, 0.717) is 19.3 Å². The Bertz CT molecular complexity index is 1100. The summed E-state index contributed by atoms with van der Waals surface area (Å²) in [6.07, 6.45) is 19.1. The van der Waals surface area contributed by atoms with Crippen LogP contribution in [-0.4, -0.2) is 38.2 Å². The van der Waals surface area contributed by atoms with Crippen LogP contribution in [0.1, 0.15) is 72.6 Å². The SMILES string of the molecule is CC/C=C\C/C=C\C[C@H](CO)OC(=O)CCC/C=C\C[C@H](/C=C/I)O[Si](c1ccccc1)(c1ccccc1)C(C)(C)C. The van der Waals surface area contributed by atoms with Crippen LogP contribution >= 0.6 is 22.6 Å². The summed E-state index contributed by atoms with van der Waals surface area (Å²) in [5.41, 5.74) is 0. The number of aliphatic hydroxyl groups is 1. The molecule has 0 aliphatic carbocycles. The molecule has 42 heavy (non-hydrogen) atoms. The fourth-order valence-electron chi connectivity index (χ4n) is 4.97. The number of hydrogen-bond acceptors (Lipinski definition) is 4. The highest BCUT2D eigenvalue weighted by Gasteiger charge is 2.51. The maximum Gasteiger partial charge on any atom is 0.306 e. The molecular formula is C36H49IO4Si. The molecule has 0 saturated heterocycles. The van der Waals surface area contributed by atoms with Crippen molar-refractivity contribution >= 4 is 47.3 Å². The summed E-state index contributed by atoms with van der Waals surface area (Å²) in [7, 11) is -2.66. The van der Waals surface area contributed by atoms with E-state index in [2.05, 4.69) is 141 Å². The predicted octanol–water partition coefficient (Wildman–Crippen LogP) is 8.20. The number of rotatable bonds is 18. The molecule has 0 aliphatic heterocycles. The molecule has 228 valence electrons. The van der Waals surface area contributed by atoms with Crippen LogP contribution < -0.4 is 10.4 Å². The first-order valence-electron chi connectivity index (χ1n) is 15.1. The Morgan fingerprint density at radius 1 is 0.905 bits per heavy atom. The molecule has 0 bridgehead atoms. The normalized spacial score (nSPS) is 14.3. The molecule has 6 heteroatoms. The van der Waals surface area contributed by atoms with E-state index >= 15 is 0 Å². The van der Waals surface area contributed by atoms with Gasteiger partial charge < -0.3 is 14.3 Å². The summed E-state index contributed by atoms with van der Waals surface area (Å²) in [4.78, 5) is 12.3. The second-order valence-corrected chi connectivity index (χ2v) is 16.3. The Morgan fingerprint density at radius 2 is 1.50 bits per heavy atom. The Balaban J connectivity index is 1.99. The number of carbonyl (C=O) groups is 1.